The van der Waals surface area contributed by atoms with E-state index in [4.69, 9.17) is 14.7 Å². The standard InChI is InChI=1S/C19H26N2O11S/c1-18(2,3)32-17(26)19(20,16(24)25)11-12(15(22)23)5-4-10-31-33(29,30)14-8-6-13(7-9-14)21(27)28/h6-9,12H,4-5,10-11,20H2,1-3H3,(H,22,23)(H,24,25). The maximum Gasteiger partial charge on any atom is 0.338 e. The van der Waals surface area contributed by atoms with Gasteiger partial charge in [0, 0.05) is 18.6 Å². The van der Waals surface area contributed by atoms with E-state index in [9.17, 15) is 43.1 Å². The Bertz CT molecular complexity index is 1000. The highest BCUT2D eigenvalue weighted by Gasteiger charge is 2.48. The van der Waals surface area contributed by atoms with Crippen LogP contribution < -0.4 is 5.73 Å². The molecule has 0 aliphatic carbocycles. The number of carboxylic acid groups (broad SMARTS) is 2. The monoisotopic (exact) mass is 490 g/mol. The molecule has 0 aliphatic rings. The predicted octanol–water partition coefficient (Wildman–Crippen LogP) is 1.30. The summed E-state index contributed by atoms with van der Waals surface area (Å²) in [4.78, 5) is 45.1. The van der Waals surface area contributed by atoms with Gasteiger partial charge in [0.1, 0.15) is 5.60 Å². The second-order valence-electron chi connectivity index (χ2n) is 8.19. The lowest BCUT2D eigenvalue weighted by molar-refractivity contribution is -0.384. The normalized spacial score (nSPS) is 14.7. The lowest BCUT2D eigenvalue weighted by Crippen LogP contribution is -2.58. The third-order valence-electron chi connectivity index (χ3n) is 4.33. The average Bonchev–Trinajstić information content (AvgIpc) is 2.68. The number of ether oxygens (including phenoxy) is 1. The molecule has 4 N–H and O–H groups in total. The molecule has 0 amide bonds. The third-order valence-corrected chi connectivity index (χ3v) is 5.66. The number of esters is 1. The van der Waals surface area contributed by atoms with Crippen LogP contribution in [0.5, 0.6) is 0 Å². The van der Waals surface area contributed by atoms with Gasteiger partial charge in [-0.25, -0.2) is 9.59 Å². The molecule has 13 nitrogen and oxygen atoms in total. The van der Waals surface area contributed by atoms with Gasteiger partial charge in [-0.05, 0) is 45.7 Å². The van der Waals surface area contributed by atoms with Crippen molar-refractivity contribution < 1.29 is 46.9 Å². The zero-order valence-electron chi connectivity index (χ0n) is 18.2. The van der Waals surface area contributed by atoms with Gasteiger partial charge in [0.05, 0.1) is 22.3 Å². The van der Waals surface area contributed by atoms with E-state index in [2.05, 4.69) is 0 Å². The number of non-ortho nitro benzene ring substituents is 1. The number of benzene rings is 1. The number of nitrogens with zero attached hydrogens (tertiary/aromatic N) is 1. The van der Waals surface area contributed by atoms with Crippen molar-refractivity contribution >= 4 is 33.7 Å². The van der Waals surface area contributed by atoms with Crippen molar-refractivity contribution in [3.8, 4) is 0 Å². The molecule has 184 valence electrons. The van der Waals surface area contributed by atoms with Gasteiger partial charge in [-0.2, -0.15) is 8.42 Å². The van der Waals surface area contributed by atoms with E-state index in [0.717, 1.165) is 24.3 Å². The zero-order chi connectivity index (χ0) is 25.6. The van der Waals surface area contributed by atoms with Crippen LogP contribution in [0.25, 0.3) is 0 Å². The molecular formula is C19H26N2O11S. The van der Waals surface area contributed by atoms with E-state index >= 15 is 0 Å². The first-order valence-electron chi connectivity index (χ1n) is 9.62. The Morgan fingerprint density at radius 3 is 2.12 bits per heavy atom. The first-order chi connectivity index (χ1) is 15.0. The van der Waals surface area contributed by atoms with Crippen molar-refractivity contribution in [2.75, 3.05) is 6.61 Å². The smallest absolute Gasteiger partial charge is 0.338 e. The Labute approximate surface area is 189 Å². The van der Waals surface area contributed by atoms with Crippen molar-refractivity contribution in [3.63, 3.8) is 0 Å². The Morgan fingerprint density at radius 2 is 1.70 bits per heavy atom. The third kappa shape index (κ3) is 8.07. The topological polar surface area (TPSA) is 213 Å². The molecule has 1 rings (SSSR count). The summed E-state index contributed by atoms with van der Waals surface area (Å²) in [5, 5.41) is 29.5. The summed E-state index contributed by atoms with van der Waals surface area (Å²) in [6, 6.07) is 3.95. The van der Waals surface area contributed by atoms with E-state index in [0.29, 0.717) is 0 Å². The molecule has 0 fully saturated rings. The fourth-order valence-electron chi connectivity index (χ4n) is 2.63. The van der Waals surface area contributed by atoms with Gasteiger partial charge in [0.2, 0.25) is 5.54 Å². The Balaban J connectivity index is 2.81. The summed E-state index contributed by atoms with van der Waals surface area (Å²) in [6.45, 7) is 4.01. The molecule has 0 radical (unpaired) electrons. The largest absolute Gasteiger partial charge is 0.481 e. The number of hydrogen-bond donors (Lipinski definition) is 3. The molecule has 1 aromatic carbocycles. The van der Waals surface area contributed by atoms with E-state index < -0.39 is 63.0 Å². The molecule has 14 heteroatoms. The predicted molar refractivity (Wildman–Crippen MR) is 112 cm³/mol. The van der Waals surface area contributed by atoms with Crippen LogP contribution in [0.4, 0.5) is 5.69 Å². The van der Waals surface area contributed by atoms with Gasteiger partial charge >= 0.3 is 17.9 Å². The fourth-order valence-corrected chi connectivity index (χ4v) is 3.57. The molecular weight excluding hydrogens is 464 g/mol. The van der Waals surface area contributed by atoms with E-state index in [-0.39, 0.29) is 23.4 Å². The molecule has 0 aromatic heterocycles. The Hall–Kier alpha value is -3.10. The second kappa shape index (κ2) is 10.7. The first kappa shape index (κ1) is 27.9. The Kier molecular flexibility index (Phi) is 9.04. The molecule has 0 bridgehead atoms. The number of carbonyl (C=O) groups excluding carboxylic acids is 1. The molecule has 0 aliphatic heterocycles. The van der Waals surface area contributed by atoms with Crippen molar-refractivity contribution in [3.05, 3.63) is 34.4 Å². The minimum Gasteiger partial charge on any atom is -0.481 e. The SMILES string of the molecule is CC(C)(C)OC(=O)C(N)(CC(CCCOS(=O)(=O)c1ccc([N+](=O)[O-])cc1)C(=O)O)C(=O)O. The number of nitrogens with two attached hydrogens (primary N) is 1. The van der Waals surface area contributed by atoms with Crippen LogP contribution in [0.15, 0.2) is 29.2 Å². The lowest BCUT2D eigenvalue weighted by Gasteiger charge is -2.29. The fraction of sp³-hybridized carbons (Fsp3) is 0.526. The van der Waals surface area contributed by atoms with Crippen LogP contribution in [0.2, 0.25) is 0 Å². The molecule has 0 heterocycles. The lowest BCUT2D eigenvalue weighted by atomic mass is 9.85. The van der Waals surface area contributed by atoms with Gasteiger partial charge in [-0.15, -0.1) is 0 Å². The number of nitro benzene ring substituents is 1. The minimum absolute atomic E-state index is 0.132. The summed E-state index contributed by atoms with van der Waals surface area (Å²) < 4.78 is 34.1. The number of rotatable bonds is 12. The molecule has 33 heavy (non-hydrogen) atoms. The number of carbonyl (C=O) groups is 3. The number of hydrogen-bond acceptors (Lipinski definition) is 10. The highest BCUT2D eigenvalue weighted by atomic mass is 32.2. The highest BCUT2D eigenvalue weighted by Crippen LogP contribution is 2.24. The second-order valence-corrected chi connectivity index (χ2v) is 9.80. The van der Waals surface area contributed by atoms with Crippen molar-refractivity contribution in [2.45, 2.75) is 56.1 Å². The quantitative estimate of drug-likeness (QED) is 0.0944. The summed E-state index contributed by atoms with van der Waals surface area (Å²) >= 11 is 0. The Morgan fingerprint density at radius 1 is 1.15 bits per heavy atom. The molecule has 2 atom stereocenters. The number of carboxylic acids is 2. The van der Waals surface area contributed by atoms with E-state index in [1.165, 1.54) is 20.8 Å². The summed E-state index contributed by atoms with van der Waals surface area (Å²) in [6.07, 6.45) is -1.17. The molecule has 0 saturated carbocycles. The average molecular weight is 490 g/mol. The summed E-state index contributed by atoms with van der Waals surface area (Å²) in [5.41, 5.74) is 1.71. The molecule has 0 saturated heterocycles. The van der Waals surface area contributed by atoms with Crippen molar-refractivity contribution in [1.82, 2.24) is 0 Å². The van der Waals surface area contributed by atoms with Crippen molar-refractivity contribution in [1.29, 1.82) is 0 Å². The van der Waals surface area contributed by atoms with Gasteiger partial charge in [-0.1, -0.05) is 0 Å². The van der Waals surface area contributed by atoms with Gasteiger partial charge in [0.25, 0.3) is 15.8 Å². The van der Waals surface area contributed by atoms with Crippen LogP contribution >= 0.6 is 0 Å². The molecule has 0 spiro atoms. The van der Waals surface area contributed by atoms with E-state index in [1.54, 1.807) is 0 Å². The molecule has 2 unspecified atom stereocenters. The van der Waals surface area contributed by atoms with Crippen molar-refractivity contribution in [2.24, 2.45) is 11.7 Å². The van der Waals surface area contributed by atoms with Crippen LogP contribution in [-0.2, 0) is 33.4 Å². The van der Waals surface area contributed by atoms with Gasteiger partial charge in [0.15, 0.2) is 0 Å². The number of aliphatic carboxylic acids is 2. The van der Waals surface area contributed by atoms with Crippen LogP contribution in [-0.4, -0.2) is 59.2 Å². The molecule has 1 aromatic rings. The van der Waals surface area contributed by atoms with Gasteiger partial charge in [-0.3, -0.25) is 19.1 Å². The van der Waals surface area contributed by atoms with Crippen LogP contribution in [0.3, 0.4) is 0 Å². The van der Waals surface area contributed by atoms with Crippen LogP contribution in [0.1, 0.15) is 40.0 Å². The number of nitro groups is 1. The summed E-state index contributed by atoms with van der Waals surface area (Å²) in [7, 11) is -4.27. The van der Waals surface area contributed by atoms with Crippen LogP contribution in [0, 0.1) is 16.0 Å². The minimum atomic E-state index is -4.27. The van der Waals surface area contributed by atoms with Gasteiger partial charge < -0.3 is 20.7 Å². The maximum absolute atomic E-state index is 12.3. The summed E-state index contributed by atoms with van der Waals surface area (Å²) in [5.74, 6) is -5.91. The van der Waals surface area contributed by atoms with E-state index in [1.807, 2.05) is 0 Å². The highest BCUT2D eigenvalue weighted by molar-refractivity contribution is 7.86. The maximum atomic E-state index is 12.3. The first-order valence-corrected chi connectivity index (χ1v) is 11.0. The zero-order valence-corrected chi connectivity index (χ0v) is 19.0.